The third kappa shape index (κ3) is 2.17. The van der Waals surface area contributed by atoms with E-state index < -0.39 is 5.97 Å². The second-order valence-electron chi connectivity index (χ2n) is 5.45. The Bertz CT molecular complexity index is 254. The highest BCUT2D eigenvalue weighted by Gasteiger charge is 2.39. The van der Waals surface area contributed by atoms with Crippen molar-refractivity contribution >= 4 is 5.97 Å². The van der Waals surface area contributed by atoms with Gasteiger partial charge in [-0.05, 0) is 31.1 Å². The zero-order chi connectivity index (χ0) is 11.0. The maximum absolute atomic E-state index is 11.0. The van der Waals surface area contributed by atoms with Crippen LogP contribution in [0.1, 0.15) is 33.1 Å². The Morgan fingerprint density at radius 1 is 1.27 bits per heavy atom. The van der Waals surface area contributed by atoms with Gasteiger partial charge in [0.1, 0.15) is 0 Å². The lowest BCUT2D eigenvalue weighted by molar-refractivity contribution is -0.142. The van der Waals surface area contributed by atoms with Gasteiger partial charge in [0, 0.05) is 19.1 Å². The van der Waals surface area contributed by atoms with E-state index in [1.807, 2.05) is 0 Å². The lowest BCUT2D eigenvalue weighted by atomic mass is 9.99. The van der Waals surface area contributed by atoms with Gasteiger partial charge < -0.3 is 5.11 Å². The molecule has 2 aliphatic rings. The zero-order valence-electron chi connectivity index (χ0n) is 9.65. The quantitative estimate of drug-likeness (QED) is 0.757. The summed E-state index contributed by atoms with van der Waals surface area (Å²) < 4.78 is 0. The summed E-state index contributed by atoms with van der Waals surface area (Å²) in [6.45, 7) is 6.12. The first-order chi connectivity index (χ1) is 7.08. The van der Waals surface area contributed by atoms with Crippen molar-refractivity contribution < 1.29 is 9.90 Å². The van der Waals surface area contributed by atoms with Gasteiger partial charge in [-0.25, -0.2) is 0 Å². The van der Waals surface area contributed by atoms with Crippen LogP contribution >= 0.6 is 0 Å². The van der Waals surface area contributed by atoms with Gasteiger partial charge in [-0.15, -0.1) is 0 Å². The average molecular weight is 211 g/mol. The van der Waals surface area contributed by atoms with Crippen LogP contribution in [-0.4, -0.2) is 35.1 Å². The number of carbonyl (C=O) groups is 1. The van der Waals surface area contributed by atoms with Crippen LogP contribution in [0.3, 0.4) is 0 Å². The molecule has 0 aromatic rings. The molecule has 1 saturated carbocycles. The number of carboxylic acid groups (broad SMARTS) is 1. The molecule has 86 valence electrons. The largest absolute Gasteiger partial charge is 0.481 e. The first-order valence-electron chi connectivity index (χ1n) is 6.04. The van der Waals surface area contributed by atoms with E-state index in [-0.39, 0.29) is 5.92 Å². The van der Waals surface area contributed by atoms with E-state index in [1.54, 1.807) is 0 Å². The molecule has 1 aliphatic carbocycles. The van der Waals surface area contributed by atoms with E-state index in [0.717, 1.165) is 19.0 Å². The molecule has 1 saturated heterocycles. The molecule has 0 aromatic heterocycles. The molecule has 15 heavy (non-hydrogen) atoms. The molecule has 0 radical (unpaired) electrons. The van der Waals surface area contributed by atoms with E-state index in [0.29, 0.717) is 12.0 Å². The molecule has 2 rings (SSSR count). The minimum Gasteiger partial charge on any atom is -0.481 e. The molecule has 1 N–H and O–H groups in total. The summed E-state index contributed by atoms with van der Waals surface area (Å²) in [5.41, 5.74) is 0. The fourth-order valence-corrected chi connectivity index (χ4v) is 3.13. The first-order valence-corrected chi connectivity index (χ1v) is 6.04. The van der Waals surface area contributed by atoms with Crippen molar-refractivity contribution in [2.24, 2.45) is 17.8 Å². The molecule has 1 heterocycles. The number of hydrogen-bond donors (Lipinski definition) is 1. The standard InChI is InChI=1S/C12H21NO2/c1-8-3-4-10(5-8)13-6-9(2)11(7-13)12(14)15/h8-11H,3-7H2,1-2H3,(H,14,15)/t8?,9-,10?,11-/m1/s1. The minimum atomic E-state index is -0.615. The van der Waals surface area contributed by atoms with Crippen LogP contribution in [0.25, 0.3) is 0 Å². The van der Waals surface area contributed by atoms with Crippen LogP contribution in [0.4, 0.5) is 0 Å². The summed E-state index contributed by atoms with van der Waals surface area (Å²) in [5.74, 6) is 0.393. The van der Waals surface area contributed by atoms with Crippen molar-refractivity contribution in [2.75, 3.05) is 13.1 Å². The Hall–Kier alpha value is -0.570. The van der Waals surface area contributed by atoms with Crippen molar-refractivity contribution in [3.63, 3.8) is 0 Å². The van der Waals surface area contributed by atoms with Crippen LogP contribution in [-0.2, 0) is 4.79 Å². The summed E-state index contributed by atoms with van der Waals surface area (Å²) >= 11 is 0. The van der Waals surface area contributed by atoms with E-state index in [2.05, 4.69) is 18.7 Å². The molecular weight excluding hydrogens is 190 g/mol. The molecule has 3 heteroatoms. The van der Waals surface area contributed by atoms with Crippen LogP contribution in [0, 0.1) is 17.8 Å². The summed E-state index contributed by atoms with van der Waals surface area (Å²) in [5, 5.41) is 9.07. The van der Waals surface area contributed by atoms with Crippen LogP contribution in [0.5, 0.6) is 0 Å². The molecule has 0 amide bonds. The number of likely N-dealkylation sites (tertiary alicyclic amines) is 1. The molecule has 2 fully saturated rings. The number of hydrogen-bond acceptors (Lipinski definition) is 2. The average Bonchev–Trinajstić information content (AvgIpc) is 2.71. The molecule has 0 spiro atoms. The van der Waals surface area contributed by atoms with E-state index in [9.17, 15) is 4.79 Å². The van der Waals surface area contributed by atoms with Gasteiger partial charge in [-0.3, -0.25) is 9.69 Å². The SMILES string of the molecule is CC1CCC(N2C[C@@H](C)[C@H](C(=O)O)C2)C1. The Morgan fingerprint density at radius 3 is 2.47 bits per heavy atom. The maximum Gasteiger partial charge on any atom is 0.308 e. The second-order valence-corrected chi connectivity index (χ2v) is 5.45. The fraction of sp³-hybridized carbons (Fsp3) is 0.917. The smallest absolute Gasteiger partial charge is 0.308 e. The summed E-state index contributed by atoms with van der Waals surface area (Å²) in [6.07, 6.45) is 3.84. The molecule has 4 atom stereocenters. The highest BCUT2D eigenvalue weighted by molar-refractivity contribution is 5.71. The third-order valence-electron chi connectivity index (χ3n) is 4.14. The number of carboxylic acids is 1. The summed E-state index contributed by atoms with van der Waals surface area (Å²) in [6, 6.07) is 0.659. The number of nitrogens with zero attached hydrogens (tertiary/aromatic N) is 1. The van der Waals surface area contributed by atoms with Gasteiger partial charge in [0.05, 0.1) is 5.92 Å². The van der Waals surface area contributed by atoms with Gasteiger partial charge in [-0.1, -0.05) is 13.8 Å². The van der Waals surface area contributed by atoms with Gasteiger partial charge in [-0.2, -0.15) is 0 Å². The van der Waals surface area contributed by atoms with Crippen molar-refractivity contribution in [3.8, 4) is 0 Å². The first kappa shape index (κ1) is 10.9. The van der Waals surface area contributed by atoms with Crippen LogP contribution < -0.4 is 0 Å². The normalized spacial score (nSPS) is 42.3. The van der Waals surface area contributed by atoms with Crippen molar-refractivity contribution in [1.29, 1.82) is 0 Å². The molecule has 3 nitrogen and oxygen atoms in total. The topological polar surface area (TPSA) is 40.5 Å². The Kier molecular flexibility index (Phi) is 3.01. The summed E-state index contributed by atoms with van der Waals surface area (Å²) in [7, 11) is 0. The Labute approximate surface area is 91.5 Å². The van der Waals surface area contributed by atoms with E-state index >= 15 is 0 Å². The van der Waals surface area contributed by atoms with Crippen molar-refractivity contribution in [3.05, 3.63) is 0 Å². The van der Waals surface area contributed by atoms with Crippen molar-refractivity contribution in [2.45, 2.75) is 39.2 Å². The minimum absolute atomic E-state index is 0.138. The van der Waals surface area contributed by atoms with Gasteiger partial charge in [0.15, 0.2) is 0 Å². The van der Waals surface area contributed by atoms with Gasteiger partial charge in [0.2, 0.25) is 0 Å². The number of rotatable bonds is 2. The predicted octanol–water partition coefficient (Wildman–Crippen LogP) is 1.83. The van der Waals surface area contributed by atoms with Crippen LogP contribution in [0.15, 0.2) is 0 Å². The Balaban J connectivity index is 1.94. The molecule has 2 unspecified atom stereocenters. The van der Waals surface area contributed by atoms with E-state index in [4.69, 9.17) is 5.11 Å². The molecule has 0 aromatic carbocycles. The molecule has 1 aliphatic heterocycles. The van der Waals surface area contributed by atoms with Gasteiger partial charge >= 0.3 is 5.97 Å². The highest BCUT2D eigenvalue weighted by Crippen LogP contribution is 2.33. The predicted molar refractivity (Wildman–Crippen MR) is 58.7 cm³/mol. The lowest BCUT2D eigenvalue weighted by Gasteiger charge is -2.23. The lowest BCUT2D eigenvalue weighted by Crippen LogP contribution is -2.32. The van der Waals surface area contributed by atoms with Crippen molar-refractivity contribution in [1.82, 2.24) is 4.90 Å². The third-order valence-corrected chi connectivity index (χ3v) is 4.14. The highest BCUT2D eigenvalue weighted by atomic mass is 16.4. The fourth-order valence-electron chi connectivity index (χ4n) is 3.13. The zero-order valence-corrected chi connectivity index (χ0v) is 9.65. The second kappa shape index (κ2) is 4.12. The summed E-state index contributed by atoms with van der Waals surface area (Å²) in [4.78, 5) is 13.4. The number of aliphatic carboxylic acids is 1. The van der Waals surface area contributed by atoms with Crippen LogP contribution in [0.2, 0.25) is 0 Å². The monoisotopic (exact) mass is 211 g/mol. The molecular formula is C12H21NO2. The van der Waals surface area contributed by atoms with E-state index in [1.165, 1.54) is 19.3 Å². The maximum atomic E-state index is 11.0. The van der Waals surface area contributed by atoms with Gasteiger partial charge in [0.25, 0.3) is 0 Å². The molecule has 0 bridgehead atoms. The Morgan fingerprint density at radius 2 is 2.00 bits per heavy atom.